The highest BCUT2D eigenvalue weighted by Gasteiger charge is 2.29. The minimum Gasteiger partial charge on any atom is -0.334 e. The summed E-state index contributed by atoms with van der Waals surface area (Å²) in [7, 11) is 0. The van der Waals surface area contributed by atoms with Crippen molar-refractivity contribution < 1.29 is 4.79 Å². The van der Waals surface area contributed by atoms with Crippen LogP contribution in [0.15, 0.2) is 23.0 Å². The Morgan fingerprint density at radius 3 is 3.06 bits per heavy atom. The van der Waals surface area contributed by atoms with Crippen molar-refractivity contribution in [3.05, 3.63) is 34.2 Å². The van der Waals surface area contributed by atoms with Crippen molar-refractivity contribution in [2.24, 2.45) is 5.73 Å². The molecular weight excluding hydrogens is 230 g/mol. The van der Waals surface area contributed by atoms with Crippen molar-refractivity contribution in [2.75, 3.05) is 13.1 Å². The van der Waals surface area contributed by atoms with Crippen molar-refractivity contribution in [2.45, 2.75) is 31.7 Å². The van der Waals surface area contributed by atoms with Gasteiger partial charge in [-0.3, -0.25) is 9.59 Å². The Kier molecular flexibility index (Phi) is 4.15. The second-order valence-corrected chi connectivity index (χ2v) is 4.65. The van der Waals surface area contributed by atoms with Crippen LogP contribution in [-0.4, -0.2) is 34.9 Å². The zero-order valence-electron chi connectivity index (χ0n) is 10.4. The van der Waals surface area contributed by atoms with Crippen LogP contribution in [0.3, 0.4) is 0 Å². The second kappa shape index (κ2) is 5.82. The van der Waals surface area contributed by atoms with E-state index in [-0.39, 0.29) is 17.5 Å². The van der Waals surface area contributed by atoms with E-state index in [0.717, 1.165) is 32.2 Å². The molecule has 5 nitrogen and oxygen atoms in total. The van der Waals surface area contributed by atoms with Gasteiger partial charge in [0.1, 0.15) is 5.69 Å². The molecule has 1 aliphatic rings. The van der Waals surface area contributed by atoms with Gasteiger partial charge in [-0.1, -0.05) is 6.07 Å². The standard InChI is InChI=1S/C13H19N3O2/c14-8-2-4-10-5-3-9-16(10)13(18)11-6-1-7-12(17)15-11/h1,6-7,10H,2-5,8-9,14H2,(H,15,17). The van der Waals surface area contributed by atoms with Gasteiger partial charge in [0.15, 0.2) is 0 Å². The Hall–Kier alpha value is -1.62. The maximum Gasteiger partial charge on any atom is 0.270 e. The maximum atomic E-state index is 12.3. The molecule has 1 amide bonds. The first-order chi connectivity index (χ1) is 8.72. The van der Waals surface area contributed by atoms with Gasteiger partial charge in [0.05, 0.1) is 0 Å². The molecule has 1 atom stereocenters. The van der Waals surface area contributed by atoms with E-state index in [1.807, 2.05) is 4.90 Å². The zero-order valence-corrected chi connectivity index (χ0v) is 10.4. The van der Waals surface area contributed by atoms with E-state index in [4.69, 9.17) is 5.73 Å². The molecule has 2 rings (SSSR count). The van der Waals surface area contributed by atoms with Gasteiger partial charge >= 0.3 is 0 Å². The quantitative estimate of drug-likeness (QED) is 0.825. The fourth-order valence-corrected chi connectivity index (χ4v) is 2.48. The number of nitrogens with zero attached hydrogens (tertiary/aromatic N) is 1. The summed E-state index contributed by atoms with van der Waals surface area (Å²) in [5.41, 5.74) is 5.65. The highest BCUT2D eigenvalue weighted by molar-refractivity contribution is 5.92. The van der Waals surface area contributed by atoms with Crippen LogP contribution in [0.2, 0.25) is 0 Å². The van der Waals surface area contributed by atoms with Gasteiger partial charge in [-0.05, 0) is 38.3 Å². The van der Waals surface area contributed by atoms with Crippen LogP contribution >= 0.6 is 0 Å². The molecule has 1 aliphatic heterocycles. The lowest BCUT2D eigenvalue weighted by molar-refractivity contribution is 0.0723. The summed E-state index contributed by atoms with van der Waals surface area (Å²) in [6.45, 7) is 1.42. The number of carbonyl (C=O) groups excluding carboxylic acids is 1. The molecule has 18 heavy (non-hydrogen) atoms. The van der Waals surface area contributed by atoms with Gasteiger partial charge in [0.2, 0.25) is 5.56 Å². The summed E-state index contributed by atoms with van der Waals surface area (Å²) in [6.07, 6.45) is 3.93. The first-order valence-corrected chi connectivity index (χ1v) is 6.43. The first-order valence-electron chi connectivity index (χ1n) is 6.43. The van der Waals surface area contributed by atoms with E-state index in [0.29, 0.717) is 12.2 Å². The van der Waals surface area contributed by atoms with Gasteiger partial charge in [-0.25, -0.2) is 0 Å². The number of carbonyl (C=O) groups is 1. The Bertz CT molecular complexity index is 469. The highest BCUT2D eigenvalue weighted by atomic mass is 16.2. The SMILES string of the molecule is NCCCC1CCCN1C(=O)c1cccc(=O)[nH]1. The van der Waals surface area contributed by atoms with E-state index in [1.165, 1.54) is 6.07 Å². The van der Waals surface area contributed by atoms with E-state index < -0.39 is 0 Å². The molecule has 3 N–H and O–H groups in total. The van der Waals surface area contributed by atoms with Crippen molar-refractivity contribution in [1.29, 1.82) is 0 Å². The largest absolute Gasteiger partial charge is 0.334 e. The third-order valence-corrected chi connectivity index (χ3v) is 3.38. The molecule has 0 bridgehead atoms. The molecule has 0 aromatic carbocycles. The first kappa shape index (κ1) is 12.8. The molecule has 5 heteroatoms. The maximum absolute atomic E-state index is 12.3. The average Bonchev–Trinajstić information content (AvgIpc) is 2.83. The molecule has 1 saturated heterocycles. The van der Waals surface area contributed by atoms with Gasteiger partial charge in [-0.2, -0.15) is 0 Å². The Labute approximate surface area is 106 Å². The molecule has 0 saturated carbocycles. The number of hydrogen-bond acceptors (Lipinski definition) is 3. The van der Waals surface area contributed by atoms with Crippen LogP contribution in [0.5, 0.6) is 0 Å². The zero-order chi connectivity index (χ0) is 13.0. The summed E-state index contributed by atoms with van der Waals surface area (Å²) >= 11 is 0. The number of rotatable bonds is 4. The molecule has 0 radical (unpaired) electrons. The number of hydrogen-bond donors (Lipinski definition) is 2. The number of amides is 1. The number of aromatic amines is 1. The van der Waals surface area contributed by atoms with Gasteiger partial charge in [0.25, 0.3) is 5.91 Å². The lowest BCUT2D eigenvalue weighted by atomic mass is 10.1. The minimum atomic E-state index is -0.237. The molecule has 1 unspecified atom stereocenters. The van der Waals surface area contributed by atoms with E-state index in [2.05, 4.69) is 4.98 Å². The highest BCUT2D eigenvalue weighted by Crippen LogP contribution is 2.22. The third-order valence-electron chi connectivity index (χ3n) is 3.38. The molecule has 1 aromatic heterocycles. The second-order valence-electron chi connectivity index (χ2n) is 4.65. The smallest absolute Gasteiger partial charge is 0.270 e. The topological polar surface area (TPSA) is 79.2 Å². The summed E-state index contributed by atoms with van der Waals surface area (Å²) in [5.74, 6) is -0.0766. The molecular formula is C13H19N3O2. The van der Waals surface area contributed by atoms with Crippen LogP contribution in [-0.2, 0) is 0 Å². The van der Waals surface area contributed by atoms with Crippen molar-refractivity contribution in [3.63, 3.8) is 0 Å². The fourth-order valence-electron chi connectivity index (χ4n) is 2.48. The molecule has 0 aliphatic carbocycles. The Balaban J connectivity index is 2.10. The number of likely N-dealkylation sites (tertiary alicyclic amines) is 1. The summed E-state index contributed by atoms with van der Waals surface area (Å²) in [6, 6.07) is 4.94. The molecule has 1 fully saturated rings. The monoisotopic (exact) mass is 249 g/mol. The van der Waals surface area contributed by atoms with Crippen molar-refractivity contribution in [1.82, 2.24) is 9.88 Å². The van der Waals surface area contributed by atoms with E-state index in [9.17, 15) is 9.59 Å². The van der Waals surface area contributed by atoms with Crippen LogP contribution in [0.4, 0.5) is 0 Å². The Morgan fingerprint density at radius 2 is 2.33 bits per heavy atom. The summed E-state index contributed by atoms with van der Waals surface area (Å²) in [4.78, 5) is 28.0. The van der Waals surface area contributed by atoms with E-state index >= 15 is 0 Å². The number of nitrogens with two attached hydrogens (primary N) is 1. The molecule has 1 aromatic rings. The van der Waals surface area contributed by atoms with Crippen molar-refractivity contribution in [3.8, 4) is 0 Å². The number of aromatic nitrogens is 1. The lowest BCUT2D eigenvalue weighted by Crippen LogP contribution is -2.36. The van der Waals surface area contributed by atoms with Gasteiger partial charge in [-0.15, -0.1) is 0 Å². The van der Waals surface area contributed by atoms with Crippen LogP contribution < -0.4 is 11.3 Å². The molecule has 2 heterocycles. The molecule has 98 valence electrons. The average molecular weight is 249 g/mol. The third kappa shape index (κ3) is 2.79. The number of nitrogens with one attached hydrogen (secondary N) is 1. The van der Waals surface area contributed by atoms with Gasteiger partial charge in [0, 0.05) is 18.7 Å². The number of pyridine rings is 1. The minimum absolute atomic E-state index is 0.0766. The normalized spacial score (nSPS) is 19.2. The number of H-pyrrole nitrogens is 1. The van der Waals surface area contributed by atoms with Gasteiger partial charge < -0.3 is 15.6 Å². The Morgan fingerprint density at radius 1 is 1.50 bits per heavy atom. The fraction of sp³-hybridized carbons (Fsp3) is 0.538. The summed E-state index contributed by atoms with van der Waals surface area (Å²) < 4.78 is 0. The van der Waals surface area contributed by atoms with Crippen molar-refractivity contribution >= 4 is 5.91 Å². The van der Waals surface area contributed by atoms with Crippen LogP contribution in [0.1, 0.15) is 36.2 Å². The van der Waals surface area contributed by atoms with E-state index in [1.54, 1.807) is 12.1 Å². The predicted molar refractivity (Wildman–Crippen MR) is 69.4 cm³/mol. The van der Waals surface area contributed by atoms with Crippen LogP contribution in [0, 0.1) is 0 Å². The predicted octanol–water partition coefficient (Wildman–Crippen LogP) is 0.718. The molecule has 0 spiro atoms. The van der Waals surface area contributed by atoms with Crippen LogP contribution in [0.25, 0.3) is 0 Å². The summed E-state index contributed by atoms with van der Waals surface area (Å²) in [5, 5.41) is 0. The lowest BCUT2D eigenvalue weighted by Gasteiger charge is -2.24.